The largest absolute Gasteiger partial charge is 0.312 e. The average Bonchev–Trinajstić information content (AvgIpc) is 2.49. The Hall–Kier alpha value is -0.830. The summed E-state index contributed by atoms with van der Waals surface area (Å²) in [4.78, 5) is 0. The molecule has 0 aliphatic rings. The monoisotopic (exact) mass is 209 g/mol. The van der Waals surface area contributed by atoms with E-state index in [9.17, 15) is 0 Å². The van der Waals surface area contributed by atoms with Crippen LogP contribution in [0, 0.1) is 0 Å². The topological polar surface area (TPSA) is 29.9 Å². The van der Waals surface area contributed by atoms with Crippen LogP contribution >= 0.6 is 0 Å². The maximum atomic E-state index is 4.16. The second kappa shape index (κ2) is 5.31. The number of nitrogens with one attached hydrogen (secondary N) is 1. The fraction of sp³-hybridized carbons (Fsp3) is 0.750. The number of aryl methyl sites for hydroxylation is 2. The zero-order valence-corrected chi connectivity index (χ0v) is 10.4. The summed E-state index contributed by atoms with van der Waals surface area (Å²) in [7, 11) is 1.96. The van der Waals surface area contributed by atoms with Crippen molar-refractivity contribution >= 4 is 0 Å². The molecule has 86 valence electrons. The Labute approximate surface area is 92.9 Å². The van der Waals surface area contributed by atoms with Crippen LogP contribution in [0.5, 0.6) is 0 Å². The highest BCUT2D eigenvalue weighted by molar-refractivity contribution is 5.03. The van der Waals surface area contributed by atoms with E-state index in [0.29, 0.717) is 0 Å². The number of rotatable bonds is 5. The second-order valence-corrected chi connectivity index (χ2v) is 5.16. The van der Waals surface area contributed by atoms with E-state index < -0.39 is 0 Å². The van der Waals surface area contributed by atoms with Crippen LogP contribution in [0.3, 0.4) is 0 Å². The number of aromatic nitrogens is 2. The molecule has 0 spiro atoms. The zero-order valence-electron chi connectivity index (χ0n) is 10.4. The summed E-state index contributed by atoms with van der Waals surface area (Å²) in [5.74, 6) is 0. The van der Waals surface area contributed by atoms with Gasteiger partial charge in [-0.2, -0.15) is 5.10 Å². The quantitative estimate of drug-likeness (QED) is 0.753. The fourth-order valence-electron chi connectivity index (χ4n) is 1.52. The first kappa shape index (κ1) is 12.2. The molecule has 0 saturated carbocycles. The molecule has 3 heteroatoms. The highest BCUT2D eigenvalue weighted by Crippen LogP contribution is 2.04. The number of nitrogens with zero attached hydrogens (tertiary/aromatic N) is 2. The first-order valence-corrected chi connectivity index (χ1v) is 5.70. The van der Waals surface area contributed by atoms with E-state index >= 15 is 0 Å². The first-order chi connectivity index (χ1) is 6.97. The molecule has 0 aliphatic heterocycles. The Balaban J connectivity index is 2.07. The van der Waals surface area contributed by atoms with Gasteiger partial charge >= 0.3 is 0 Å². The van der Waals surface area contributed by atoms with E-state index in [1.807, 2.05) is 17.9 Å². The summed E-state index contributed by atoms with van der Waals surface area (Å²) < 4.78 is 1.86. The van der Waals surface area contributed by atoms with Gasteiger partial charge in [-0.1, -0.05) is 0 Å². The van der Waals surface area contributed by atoms with Gasteiger partial charge in [-0.05, 0) is 52.1 Å². The van der Waals surface area contributed by atoms with Crippen LogP contribution < -0.4 is 5.32 Å². The smallest absolute Gasteiger partial charge is 0.0521 e. The minimum absolute atomic E-state index is 0.244. The second-order valence-electron chi connectivity index (χ2n) is 5.16. The third kappa shape index (κ3) is 5.57. The van der Waals surface area contributed by atoms with E-state index in [-0.39, 0.29) is 5.54 Å². The standard InChI is InChI=1S/C12H23N3/c1-12(2,3)13-8-6-5-7-11-9-14-15(4)10-11/h9-10,13H,5-8H2,1-4H3. The van der Waals surface area contributed by atoms with Crippen molar-refractivity contribution in [2.75, 3.05) is 6.54 Å². The Bertz CT molecular complexity index is 283. The zero-order chi connectivity index (χ0) is 11.3. The Morgan fingerprint density at radius 2 is 2.07 bits per heavy atom. The third-order valence-electron chi connectivity index (χ3n) is 2.31. The number of unbranched alkanes of at least 4 members (excludes halogenated alkanes) is 1. The van der Waals surface area contributed by atoms with Gasteiger partial charge in [0.15, 0.2) is 0 Å². The number of hydrogen-bond donors (Lipinski definition) is 1. The maximum absolute atomic E-state index is 4.16. The molecule has 1 rings (SSSR count). The summed E-state index contributed by atoms with van der Waals surface area (Å²) in [6, 6.07) is 0. The molecule has 0 aliphatic carbocycles. The van der Waals surface area contributed by atoms with Gasteiger partial charge in [-0.3, -0.25) is 4.68 Å². The fourth-order valence-corrected chi connectivity index (χ4v) is 1.52. The van der Waals surface area contributed by atoms with Crippen molar-refractivity contribution in [2.24, 2.45) is 7.05 Å². The predicted molar refractivity (Wildman–Crippen MR) is 63.9 cm³/mol. The summed E-state index contributed by atoms with van der Waals surface area (Å²) in [5.41, 5.74) is 1.59. The van der Waals surface area contributed by atoms with E-state index in [2.05, 4.69) is 37.4 Å². The molecule has 15 heavy (non-hydrogen) atoms. The molecule has 3 nitrogen and oxygen atoms in total. The molecule has 1 aromatic heterocycles. The van der Waals surface area contributed by atoms with Gasteiger partial charge in [0.1, 0.15) is 0 Å². The molecule has 0 aromatic carbocycles. The van der Waals surface area contributed by atoms with Crippen molar-refractivity contribution < 1.29 is 0 Å². The highest BCUT2D eigenvalue weighted by atomic mass is 15.2. The molecule has 0 atom stereocenters. The lowest BCUT2D eigenvalue weighted by molar-refractivity contribution is 0.419. The van der Waals surface area contributed by atoms with Gasteiger partial charge in [0.25, 0.3) is 0 Å². The molecular weight excluding hydrogens is 186 g/mol. The molecule has 0 fully saturated rings. The molecule has 1 aromatic rings. The van der Waals surface area contributed by atoms with Gasteiger partial charge in [0.05, 0.1) is 6.20 Å². The summed E-state index contributed by atoms with van der Waals surface area (Å²) in [6.07, 6.45) is 7.65. The van der Waals surface area contributed by atoms with Gasteiger partial charge in [0, 0.05) is 18.8 Å². The van der Waals surface area contributed by atoms with Crippen LogP contribution in [-0.4, -0.2) is 21.9 Å². The lowest BCUT2D eigenvalue weighted by Crippen LogP contribution is -2.36. The lowest BCUT2D eigenvalue weighted by atomic mass is 10.1. The van der Waals surface area contributed by atoms with Crippen LogP contribution in [0.2, 0.25) is 0 Å². The Morgan fingerprint density at radius 3 is 2.60 bits per heavy atom. The Morgan fingerprint density at radius 1 is 1.33 bits per heavy atom. The molecule has 1 heterocycles. The maximum Gasteiger partial charge on any atom is 0.0521 e. The van der Waals surface area contributed by atoms with E-state index in [1.54, 1.807) is 0 Å². The molecule has 1 N–H and O–H groups in total. The molecule has 0 saturated heterocycles. The van der Waals surface area contributed by atoms with Gasteiger partial charge in [-0.15, -0.1) is 0 Å². The van der Waals surface area contributed by atoms with Crippen molar-refractivity contribution in [3.8, 4) is 0 Å². The normalized spacial score (nSPS) is 12.0. The third-order valence-corrected chi connectivity index (χ3v) is 2.31. The van der Waals surface area contributed by atoms with E-state index in [0.717, 1.165) is 13.0 Å². The van der Waals surface area contributed by atoms with Gasteiger partial charge in [-0.25, -0.2) is 0 Å². The highest BCUT2D eigenvalue weighted by Gasteiger charge is 2.06. The van der Waals surface area contributed by atoms with Crippen molar-refractivity contribution in [3.05, 3.63) is 18.0 Å². The summed E-state index contributed by atoms with van der Waals surface area (Å²) >= 11 is 0. The lowest BCUT2D eigenvalue weighted by Gasteiger charge is -2.20. The van der Waals surface area contributed by atoms with Crippen LogP contribution in [0.15, 0.2) is 12.4 Å². The SMILES string of the molecule is Cn1cc(CCCCNC(C)(C)C)cn1. The number of hydrogen-bond acceptors (Lipinski definition) is 2. The molecule has 0 radical (unpaired) electrons. The minimum Gasteiger partial charge on any atom is -0.312 e. The summed E-state index contributed by atoms with van der Waals surface area (Å²) in [5, 5.41) is 7.65. The first-order valence-electron chi connectivity index (χ1n) is 5.70. The average molecular weight is 209 g/mol. The van der Waals surface area contributed by atoms with E-state index in [4.69, 9.17) is 0 Å². The van der Waals surface area contributed by atoms with Crippen molar-refractivity contribution in [3.63, 3.8) is 0 Å². The molecular formula is C12H23N3. The van der Waals surface area contributed by atoms with Crippen molar-refractivity contribution in [1.82, 2.24) is 15.1 Å². The van der Waals surface area contributed by atoms with Crippen molar-refractivity contribution in [1.29, 1.82) is 0 Å². The summed E-state index contributed by atoms with van der Waals surface area (Å²) in [6.45, 7) is 7.71. The minimum atomic E-state index is 0.244. The van der Waals surface area contributed by atoms with Gasteiger partial charge in [0.2, 0.25) is 0 Å². The van der Waals surface area contributed by atoms with Crippen LogP contribution in [0.25, 0.3) is 0 Å². The molecule has 0 amide bonds. The van der Waals surface area contributed by atoms with Crippen molar-refractivity contribution in [2.45, 2.75) is 45.6 Å². The molecule has 0 unspecified atom stereocenters. The Kier molecular flexibility index (Phi) is 4.33. The van der Waals surface area contributed by atoms with Gasteiger partial charge < -0.3 is 5.32 Å². The van der Waals surface area contributed by atoms with E-state index in [1.165, 1.54) is 18.4 Å². The van der Waals surface area contributed by atoms with Crippen LogP contribution in [0.1, 0.15) is 39.2 Å². The van der Waals surface area contributed by atoms with Crippen LogP contribution in [-0.2, 0) is 13.5 Å². The van der Waals surface area contributed by atoms with Crippen LogP contribution in [0.4, 0.5) is 0 Å². The predicted octanol–water partition coefficient (Wildman–Crippen LogP) is 2.13. The molecule has 0 bridgehead atoms.